The maximum atomic E-state index is 12.1. The lowest BCUT2D eigenvalue weighted by Gasteiger charge is -2.29. The fourth-order valence-electron chi connectivity index (χ4n) is 2.11. The number of ether oxygens (including phenoxy) is 1. The highest BCUT2D eigenvalue weighted by molar-refractivity contribution is 5.81. The first-order valence-corrected chi connectivity index (χ1v) is 6.77. The number of amides is 1. The Labute approximate surface area is 114 Å². The zero-order valence-electron chi connectivity index (χ0n) is 11.3. The molecule has 1 fully saturated rings. The van der Waals surface area contributed by atoms with E-state index in [1.54, 1.807) is 6.20 Å². The van der Waals surface area contributed by atoms with E-state index < -0.39 is 0 Å². The van der Waals surface area contributed by atoms with E-state index in [2.05, 4.69) is 10.3 Å². The van der Waals surface area contributed by atoms with E-state index in [0.717, 1.165) is 18.7 Å². The average molecular weight is 263 g/mol. The normalized spacial score (nSPS) is 17.2. The third-order valence-corrected chi connectivity index (χ3v) is 3.25. The second-order valence-corrected chi connectivity index (χ2v) is 4.68. The minimum atomic E-state index is -0.151. The standard InChI is InChI=1S/C14H21N3O2/c1-12(14(18)17-8-10-19-11-9-17)15-7-5-13-4-2-3-6-16-13/h2-4,6,12,15H,5,7-11H2,1H3. The van der Waals surface area contributed by atoms with Crippen LogP contribution in [-0.4, -0.2) is 54.7 Å². The molecule has 0 spiro atoms. The zero-order valence-corrected chi connectivity index (χ0v) is 11.3. The van der Waals surface area contributed by atoms with Crippen molar-refractivity contribution < 1.29 is 9.53 Å². The number of carbonyl (C=O) groups excluding carboxylic acids is 1. The van der Waals surface area contributed by atoms with Crippen LogP contribution in [0.3, 0.4) is 0 Å². The number of rotatable bonds is 5. The van der Waals surface area contributed by atoms with Crippen LogP contribution in [0.5, 0.6) is 0 Å². The summed E-state index contributed by atoms with van der Waals surface area (Å²) in [7, 11) is 0. The van der Waals surface area contributed by atoms with Crippen molar-refractivity contribution in [1.82, 2.24) is 15.2 Å². The molecule has 1 atom stereocenters. The van der Waals surface area contributed by atoms with Gasteiger partial charge in [-0.15, -0.1) is 0 Å². The van der Waals surface area contributed by atoms with Crippen LogP contribution >= 0.6 is 0 Å². The van der Waals surface area contributed by atoms with Gasteiger partial charge in [-0.2, -0.15) is 0 Å². The highest BCUT2D eigenvalue weighted by Crippen LogP contribution is 2.01. The monoisotopic (exact) mass is 263 g/mol. The largest absolute Gasteiger partial charge is 0.378 e. The SMILES string of the molecule is CC(NCCc1ccccn1)C(=O)N1CCOCC1. The second kappa shape index (κ2) is 7.21. The summed E-state index contributed by atoms with van der Waals surface area (Å²) in [5, 5.41) is 3.26. The fourth-order valence-corrected chi connectivity index (χ4v) is 2.11. The van der Waals surface area contributed by atoms with Gasteiger partial charge < -0.3 is 15.0 Å². The van der Waals surface area contributed by atoms with Crippen molar-refractivity contribution in [2.75, 3.05) is 32.8 Å². The molecule has 19 heavy (non-hydrogen) atoms. The Bertz CT molecular complexity index is 391. The molecule has 0 radical (unpaired) electrons. The molecule has 5 heteroatoms. The lowest BCUT2D eigenvalue weighted by atomic mass is 10.2. The third-order valence-electron chi connectivity index (χ3n) is 3.25. The Morgan fingerprint density at radius 3 is 2.95 bits per heavy atom. The van der Waals surface area contributed by atoms with Crippen molar-refractivity contribution >= 4 is 5.91 Å². The fraction of sp³-hybridized carbons (Fsp3) is 0.571. The van der Waals surface area contributed by atoms with Crippen LogP contribution in [0.2, 0.25) is 0 Å². The molecule has 1 unspecified atom stereocenters. The van der Waals surface area contributed by atoms with Gasteiger partial charge in [0.2, 0.25) is 5.91 Å². The molecule has 1 aromatic rings. The summed E-state index contributed by atoms with van der Waals surface area (Å²) >= 11 is 0. The number of morpholine rings is 1. The lowest BCUT2D eigenvalue weighted by molar-refractivity contribution is -0.137. The molecule has 5 nitrogen and oxygen atoms in total. The van der Waals surface area contributed by atoms with E-state index in [1.165, 1.54) is 0 Å². The molecular weight excluding hydrogens is 242 g/mol. The number of nitrogens with one attached hydrogen (secondary N) is 1. The minimum absolute atomic E-state index is 0.151. The summed E-state index contributed by atoms with van der Waals surface area (Å²) in [5.74, 6) is 0.157. The first-order chi connectivity index (χ1) is 9.27. The molecule has 0 aromatic carbocycles. The third kappa shape index (κ3) is 4.29. The summed E-state index contributed by atoms with van der Waals surface area (Å²) in [5.41, 5.74) is 1.04. The Kier molecular flexibility index (Phi) is 5.30. The molecule has 0 aliphatic carbocycles. The summed E-state index contributed by atoms with van der Waals surface area (Å²) in [6.45, 7) is 5.36. The van der Waals surface area contributed by atoms with Gasteiger partial charge in [0.05, 0.1) is 19.3 Å². The first-order valence-electron chi connectivity index (χ1n) is 6.77. The molecule has 2 rings (SSSR count). The van der Waals surface area contributed by atoms with Crippen LogP contribution in [0.15, 0.2) is 24.4 Å². The molecule has 0 bridgehead atoms. The summed E-state index contributed by atoms with van der Waals surface area (Å²) in [6, 6.07) is 5.73. The van der Waals surface area contributed by atoms with E-state index >= 15 is 0 Å². The van der Waals surface area contributed by atoms with Gasteiger partial charge in [0, 0.05) is 37.9 Å². The van der Waals surface area contributed by atoms with Gasteiger partial charge >= 0.3 is 0 Å². The highest BCUT2D eigenvalue weighted by atomic mass is 16.5. The molecule has 1 N–H and O–H groups in total. The topological polar surface area (TPSA) is 54.5 Å². The van der Waals surface area contributed by atoms with E-state index in [-0.39, 0.29) is 11.9 Å². The number of hydrogen-bond donors (Lipinski definition) is 1. The molecule has 1 aliphatic heterocycles. The molecule has 1 amide bonds. The van der Waals surface area contributed by atoms with Crippen LogP contribution in [0, 0.1) is 0 Å². The quantitative estimate of drug-likeness (QED) is 0.838. The Balaban J connectivity index is 1.71. The van der Waals surface area contributed by atoms with Crippen LogP contribution < -0.4 is 5.32 Å². The molecule has 0 saturated carbocycles. The Hall–Kier alpha value is -1.46. The van der Waals surface area contributed by atoms with Crippen molar-refractivity contribution in [3.63, 3.8) is 0 Å². The summed E-state index contributed by atoms with van der Waals surface area (Å²) < 4.78 is 5.25. The zero-order chi connectivity index (χ0) is 13.5. The molecule has 2 heterocycles. The number of aromatic nitrogens is 1. The van der Waals surface area contributed by atoms with Gasteiger partial charge in [-0.3, -0.25) is 9.78 Å². The van der Waals surface area contributed by atoms with Crippen LogP contribution in [0.25, 0.3) is 0 Å². The van der Waals surface area contributed by atoms with Gasteiger partial charge in [0.15, 0.2) is 0 Å². The van der Waals surface area contributed by atoms with E-state index in [9.17, 15) is 4.79 Å². The van der Waals surface area contributed by atoms with Crippen LogP contribution in [0.4, 0.5) is 0 Å². The minimum Gasteiger partial charge on any atom is -0.378 e. The molecule has 104 valence electrons. The predicted molar refractivity (Wildman–Crippen MR) is 72.8 cm³/mol. The lowest BCUT2D eigenvalue weighted by Crippen LogP contribution is -2.49. The van der Waals surface area contributed by atoms with Gasteiger partial charge in [0.25, 0.3) is 0 Å². The Morgan fingerprint density at radius 2 is 2.26 bits per heavy atom. The van der Waals surface area contributed by atoms with Crippen LogP contribution in [-0.2, 0) is 16.0 Å². The Morgan fingerprint density at radius 1 is 1.47 bits per heavy atom. The van der Waals surface area contributed by atoms with E-state index in [0.29, 0.717) is 26.3 Å². The first kappa shape index (κ1) is 14.0. The number of hydrogen-bond acceptors (Lipinski definition) is 4. The van der Waals surface area contributed by atoms with Crippen molar-refractivity contribution in [2.24, 2.45) is 0 Å². The van der Waals surface area contributed by atoms with Crippen molar-refractivity contribution in [3.05, 3.63) is 30.1 Å². The number of nitrogens with zero attached hydrogens (tertiary/aromatic N) is 2. The van der Waals surface area contributed by atoms with Gasteiger partial charge in [0.1, 0.15) is 0 Å². The summed E-state index contributed by atoms with van der Waals surface area (Å²) in [6.07, 6.45) is 2.62. The van der Waals surface area contributed by atoms with Gasteiger partial charge in [-0.05, 0) is 19.1 Å². The smallest absolute Gasteiger partial charge is 0.239 e. The van der Waals surface area contributed by atoms with E-state index in [1.807, 2.05) is 30.0 Å². The van der Waals surface area contributed by atoms with Crippen LogP contribution in [0.1, 0.15) is 12.6 Å². The molecule has 1 aliphatic rings. The molecule has 1 aromatic heterocycles. The number of pyridine rings is 1. The van der Waals surface area contributed by atoms with Crippen molar-refractivity contribution in [1.29, 1.82) is 0 Å². The van der Waals surface area contributed by atoms with Crippen molar-refractivity contribution in [3.8, 4) is 0 Å². The number of carbonyl (C=O) groups is 1. The molecule has 1 saturated heterocycles. The highest BCUT2D eigenvalue weighted by Gasteiger charge is 2.21. The maximum Gasteiger partial charge on any atom is 0.239 e. The second-order valence-electron chi connectivity index (χ2n) is 4.68. The average Bonchev–Trinajstić information content (AvgIpc) is 2.48. The maximum absolute atomic E-state index is 12.1. The molecular formula is C14H21N3O2. The van der Waals surface area contributed by atoms with E-state index in [4.69, 9.17) is 4.74 Å². The van der Waals surface area contributed by atoms with Gasteiger partial charge in [-0.1, -0.05) is 6.07 Å². The predicted octanol–water partition coefficient (Wildman–Crippen LogP) is 0.461. The summed E-state index contributed by atoms with van der Waals surface area (Å²) in [4.78, 5) is 18.3. The van der Waals surface area contributed by atoms with Gasteiger partial charge in [-0.25, -0.2) is 0 Å². The van der Waals surface area contributed by atoms with Crippen molar-refractivity contribution in [2.45, 2.75) is 19.4 Å².